The van der Waals surface area contributed by atoms with Gasteiger partial charge >= 0.3 is 0 Å². The monoisotopic (exact) mass is 997 g/mol. The zero-order valence-electron chi connectivity index (χ0n) is 48.8. The molecule has 0 saturated heterocycles. The minimum Gasteiger partial charge on any atom is -0.496 e. The summed E-state index contributed by atoms with van der Waals surface area (Å²) in [5, 5.41) is 0. The predicted octanol–water partition coefficient (Wildman–Crippen LogP) is 16.6. The molecule has 6 nitrogen and oxygen atoms in total. The van der Waals surface area contributed by atoms with Crippen LogP contribution in [0, 0.1) is 0 Å². The van der Waals surface area contributed by atoms with Crippen LogP contribution in [0.1, 0.15) is 235 Å². The first kappa shape index (κ1) is 55.6. The second-order valence-electron chi connectivity index (χ2n) is 26.9. The summed E-state index contributed by atoms with van der Waals surface area (Å²) >= 11 is 0. The molecule has 0 aliphatic heterocycles. The molecule has 0 N–H and O–H groups in total. The average molecular weight is 997 g/mol. The highest BCUT2D eigenvalue weighted by atomic mass is 16.5. The molecule has 0 atom stereocenters. The molecular formula is C68H84O6. The van der Waals surface area contributed by atoms with Crippen LogP contribution < -0.4 is 18.9 Å². The van der Waals surface area contributed by atoms with Crippen molar-refractivity contribution in [3.8, 4) is 23.0 Å². The molecule has 392 valence electrons. The normalized spacial score (nSPS) is 15.8. The second-order valence-corrected chi connectivity index (χ2v) is 26.9. The van der Waals surface area contributed by atoms with Crippen molar-refractivity contribution in [1.82, 2.24) is 0 Å². The van der Waals surface area contributed by atoms with Gasteiger partial charge < -0.3 is 18.9 Å². The summed E-state index contributed by atoms with van der Waals surface area (Å²) in [7, 11) is 6.61. The van der Waals surface area contributed by atoms with Crippen molar-refractivity contribution in [2.24, 2.45) is 0 Å². The Morgan fingerprint density at radius 3 is 0.635 bits per heavy atom. The Morgan fingerprint density at radius 2 is 0.473 bits per heavy atom. The number of hydrogen-bond acceptors (Lipinski definition) is 6. The molecule has 0 saturated carbocycles. The number of rotatable bonds is 6. The molecule has 6 heteroatoms. The molecule has 1 aliphatic carbocycles. The lowest BCUT2D eigenvalue weighted by molar-refractivity contribution is 0.102. The molecule has 8 bridgehead atoms. The first-order valence-corrected chi connectivity index (χ1v) is 26.4. The van der Waals surface area contributed by atoms with E-state index in [9.17, 15) is 0 Å². The third kappa shape index (κ3) is 10.6. The predicted molar refractivity (Wildman–Crippen MR) is 306 cm³/mol. The first-order valence-electron chi connectivity index (χ1n) is 26.4. The standard InChI is InChI=1S/C68H84O6/c1-63(2,3)41-27-23-39(24-28-41)55-47-31-43(65(7,8)9)35-51(59(47)71-19)57(69)53-37-45(67(13,14)15)33-49(61(53)73-21)56(40-25-29-42(30-26-40)64(4,5)6)50-34-46(68(16,17)18)38-54(62(50)74-22)58(70)52-36-44(66(10,11)12)32-48(55)60(52)72-20/h23-38,55-56H,1-22H3. The van der Waals surface area contributed by atoms with Crippen LogP contribution in [0.25, 0.3) is 0 Å². The lowest BCUT2D eigenvalue weighted by Gasteiger charge is -2.32. The average Bonchev–Trinajstić information content (AvgIpc) is 3.31. The molecule has 0 heterocycles. The van der Waals surface area contributed by atoms with E-state index in [1.165, 1.54) is 11.1 Å². The van der Waals surface area contributed by atoms with E-state index in [1.807, 2.05) is 24.3 Å². The van der Waals surface area contributed by atoms with E-state index in [1.54, 1.807) is 28.4 Å². The Kier molecular flexibility index (Phi) is 14.7. The van der Waals surface area contributed by atoms with Gasteiger partial charge in [0.05, 0.1) is 50.7 Å². The van der Waals surface area contributed by atoms with E-state index in [0.29, 0.717) is 45.3 Å². The van der Waals surface area contributed by atoms with Gasteiger partial charge in [-0.05, 0) is 101 Å². The van der Waals surface area contributed by atoms with Crippen molar-refractivity contribution in [2.75, 3.05) is 28.4 Å². The molecule has 0 aromatic heterocycles. The van der Waals surface area contributed by atoms with Crippen molar-refractivity contribution in [2.45, 2.75) is 169 Å². The number of carbonyl (C=O) groups excluding carboxylic acids is 2. The summed E-state index contributed by atoms with van der Waals surface area (Å²) in [6.45, 7) is 39.3. The van der Waals surface area contributed by atoms with Gasteiger partial charge in [0.2, 0.25) is 11.6 Å². The van der Waals surface area contributed by atoms with E-state index in [4.69, 9.17) is 18.9 Å². The number of benzene rings is 6. The second kappa shape index (κ2) is 19.5. The lowest BCUT2D eigenvalue weighted by Crippen LogP contribution is -2.22. The van der Waals surface area contributed by atoms with E-state index in [-0.39, 0.29) is 22.4 Å². The number of fused-ring (bicyclic) bond motifs is 8. The van der Waals surface area contributed by atoms with E-state index >= 15 is 9.59 Å². The van der Waals surface area contributed by atoms with Crippen LogP contribution >= 0.6 is 0 Å². The molecule has 0 spiro atoms. The van der Waals surface area contributed by atoms with Crippen LogP contribution in [0.3, 0.4) is 0 Å². The number of hydrogen-bond donors (Lipinski definition) is 0. The molecule has 0 radical (unpaired) electrons. The SMILES string of the molecule is COc1c2cc(C(C)(C)C)cc1C(c1ccc(C(C)(C)C)cc1)c1cc(C(C)(C)C)cc(c1OC)C(=O)c1cc(C(C)(C)C)cc(c1OC)C(c1ccc(C(C)(C)C)cc1)c1cc(C(C)(C)C)cc(c1OC)C2=O. The Bertz CT molecular complexity index is 2740. The number of ether oxygens (including phenoxy) is 4. The third-order valence-electron chi connectivity index (χ3n) is 15.2. The third-order valence-corrected chi connectivity index (χ3v) is 15.2. The molecule has 0 unspecified atom stereocenters. The maximum Gasteiger partial charge on any atom is 0.200 e. The minimum atomic E-state index is -0.582. The Labute approximate surface area is 444 Å². The number of carbonyl (C=O) groups is 2. The largest absolute Gasteiger partial charge is 0.496 e. The van der Waals surface area contributed by atoms with Crippen LogP contribution in [0.15, 0.2) is 97.1 Å². The zero-order chi connectivity index (χ0) is 55.0. The van der Waals surface area contributed by atoms with Crippen LogP contribution in [-0.2, 0) is 32.5 Å². The number of methoxy groups -OCH3 is 4. The van der Waals surface area contributed by atoms with E-state index < -0.39 is 33.5 Å². The van der Waals surface area contributed by atoms with Gasteiger partial charge in [-0.25, -0.2) is 0 Å². The smallest absolute Gasteiger partial charge is 0.200 e. The Morgan fingerprint density at radius 1 is 0.284 bits per heavy atom. The van der Waals surface area contributed by atoms with Crippen LogP contribution in [0.5, 0.6) is 23.0 Å². The van der Waals surface area contributed by atoms with Gasteiger partial charge in [0.1, 0.15) is 23.0 Å². The Balaban J connectivity index is 1.82. The molecule has 0 fully saturated rings. The summed E-state index contributed by atoms with van der Waals surface area (Å²) < 4.78 is 26.6. The van der Waals surface area contributed by atoms with Gasteiger partial charge in [0.25, 0.3) is 0 Å². The minimum absolute atomic E-state index is 0.111. The lowest BCUT2D eigenvalue weighted by atomic mass is 9.73. The molecule has 6 aromatic carbocycles. The Hall–Kier alpha value is -6.14. The fraction of sp³-hybridized carbons (Fsp3) is 0.441. The maximum absolute atomic E-state index is 16.4. The summed E-state index contributed by atoms with van der Waals surface area (Å²) in [5.74, 6) is 0.152. The number of ketones is 2. The molecule has 0 amide bonds. The van der Waals surface area contributed by atoms with E-state index in [2.05, 4.69) is 197 Å². The molecule has 6 aromatic rings. The van der Waals surface area contributed by atoms with Crippen molar-refractivity contribution < 1.29 is 28.5 Å². The van der Waals surface area contributed by atoms with Gasteiger partial charge in [-0.3, -0.25) is 9.59 Å². The fourth-order valence-electron chi connectivity index (χ4n) is 10.5. The fourth-order valence-corrected chi connectivity index (χ4v) is 10.5. The molecule has 1 aliphatic rings. The van der Waals surface area contributed by atoms with Crippen LogP contribution in [0.2, 0.25) is 0 Å². The summed E-state index contributed by atoms with van der Waals surface area (Å²) in [6.07, 6.45) is 0. The molecule has 74 heavy (non-hydrogen) atoms. The van der Waals surface area contributed by atoms with Gasteiger partial charge in [0.15, 0.2) is 0 Å². The summed E-state index contributed by atoms with van der Waals surface area (Å²) in [6, 6.07) is 34.3. The van der Waals surface area contributed by atoms with Crippen molar-refractivity contribution in [3.05, 3.63) is 186 Å². The molecule has 7 rings (SSSR count). The highest BCUT2D eigenvalue weighted by Crippen LogP contribution is 2.52. The highest BCUT2D eigenvalue weighted by Gasteiger charge is 2.39. The van der Waals surface area contributed by atoms with Crippen molar-refractivity contribution in [3.63, 3.8) is 0 Å². The zero-order valence-corrected chi connectivity index (χ0v) is 48.8. The van der Waals surface area contributed by atoms with E-state index in [0.717, 1.165) is 55.6 Å². The quantitative estimate of drug-likeness (QED) is 0.165. The van der Waals surface area contributed by atoms with Crippen molar-refractivity contribution in [1.29, 1.82) is 0 Å². The topological polar surface area (TPSA) is 71.1 Å². The highest BCUT2D eigenvalue weighted by molar-refractivity contribution is 6.14. The van der Waals surface area contributed by atoms with Crippen molar-refractivity contribution >= 4 is 11.6 Å². The van der Waals surface area contributed by atoms with Gasteiger partial charge in [-0.2, -0.15) is 0 Å². The summed E-state index contributed by atoms with van der Waals surface area (Å²) in [4.78, 5) is 32.9. The van der Waals surface area contributed by atoms with Crippen LogP contribution in [-0.4, -0.2) is 40.0 Å². The van der Waals surface area contributed by atoms with Gasteiger partial charge in [-0.15, -0.1) is 0 Å². The first-order chi connectivity index (χ1) is 34.1. The van der Waals surface area contributed by atoms with Gasteiger partial charge in [-0.1, -0.05) is 197 Å². The van der Waals surface area contributed by atoms with Crippen LogP contribution in [0.4, 0.5) is 0 Å². The molecular weight excluding hydrogens is 913 g/mol. The maximum atomic E-state index is 16.4. The summed E-state index contributed by atoms with van der Waals surface area (Å²) in [5.41, 5.74) is 11.0. The van der Waals surface area contributed by atoms with Gasteiger partial charge in [0, 0.05) is 34.1 Å².